The lowest BCUT2D eigenvalue weighted by Gasteiger charge is -2.18. The van der Waals surface area contributed by atoms with Crippen molar-refractivity contribution in [3.63, 3.8) is 0 Å². The number of rotatable bonds is 4. The van der Waals surface area contributed by atoms with Gasteiger partial charge in [-0.05, 0) is 24.3 Å². The molecular formula is C18H17F3N4O. The van der Waals surface area contributed by atoms with Crippen molar-refractivity contribution in [1.29, 1.82) is 0 Å². The van der Waals surface area contributed by atoms with E-state index in [0.29, 0.717) is 16.9 Å². The van der Waals surface area contributed by atoms with Crippen LogP contribution in [0.15, 0.2) is 42.5 Å². The zero-order valence-corrected chi connectivity index (χ0v) is 14.2. The van der Waals surface area contributed by atoms with Gasteiger partial charge in [0.1, 0.15) is 0 Å². The van der Waals surface area contributed by atoms with E-state index in [9.17, 15) is 18.0 Å². The molecule has 3 aromatic rings. The van der Waals surface area contributed by atoms with Crippen molar-refractivity contribution in [3.8, 4) is 0 Å². The van der Waals surface area contributed by atoms with Gasteiger partial charge < -0.3 is 10.2 Å². The van der Waals surface area contributed by atoms with Crippen molar-refractivity contribution in [2.45, 2.75) is 12.6 Å². The van der Waals surface area contributed by atoms with Crippen molar-refractivity contribution < 1.29 is 18.0 Å². The van der Waals surface area contributed by atoms with Gasteiger partial charge in [0.05, 0.1) is 28.9 Å². The van der Waals surface area contributed by atoms with Gasteiger partial charge in [0.15, 0.2) is 0 Å². The normalized spacial score (nSPS) is 11.6. The van der Waals surface area contributed by atoms with Crippen molar-refractivity contribution >= 4 is 28.2 Å². The zero-order chi connectivity index (χ0) is 18.9. The molecule has 5 nitrogen and oxygen atoms in total. The molecule has 26 heavy (non-hydrogen) atoms. The number of alkyl halides is 3. The quantitative estimate of drug-likeness (QED) is 0.742. The summed E-state index contributed by atoms with van der Waals surface area (Å²) in [6.07, 6.45) is -4.68. The van der Waals surface area contributed by atoms with Crippen LogP contribution in [-0.4, -0.2) is 30.2 Å². The first-order chi connectivity index (χ1) is 12.3. The molecule has 0 aliphatic carbocycles. The molecule has 2 N–H and O–H groups in total. The molecule has 1 amide bonds. The lowest BCUT2D eigenvalue weighted by atomic mass is 10.1. The number of halogens is 3. The molecule has 0 fully saturated rings. The summed E-state index contributed by atoms with van der Waals surface area (Å²) < 4.78 is 40.0. The van der Waals surface area contributed by atoms with E-state index in [1.165, 1.54) is 12.1 Å². The molecule has 0 aliphatic rings. The fourth-order valence-electron chi connectivity index (χ4n) is 2.66. The Hall–Kier alpha value is -3.03. The van der Waals surface area contributed by atoms with Crippen LogP contribution in [0.25, 0.3) is 10.9 Å². The minimum absolute atomic E-state index is 0.104. The summed E-state index contributed by atoms with van der Waals surface area (Å²) in [5.41, 5.74) is 0.497. The van der Waals surface area contributed by atoms with Crippen LogP contribution in [0.2, 0.25) is 0 Å². The molecule has 1 heterocycles. The fourth-order valence-corrected chi connectivity index (χ4v) is 2.66. The van der Waals surface area contributed by atoms with E-state index in [1.54, 1.807) is 37.2 Å². The second-order valence-corrected chi connectivity index (χ2v) is 6.07. The van der Waals surface area contributed by atoms with Crippen LogP contribution in [-0.2, 0) is 17.4 Å². The van der Waals surface area contributed by atoms with Gasteiger partial charge in [0.2, 0.25) is 5.91 Å². The van der Waals surface area contributed by atoms with Crippen LogP contribution >= 0.6 is 0 Å². The molecule has 0 saturated heterocycles. The van der Waals surface area contributed by atoms with E-state index in [-0.39, 0.29) is 12.1 Å². The summed E-state index contributed by atoms with van der Waals surface area (Å²) in [4.78, 5) is 13.9. The first-order valence-electron chi connectivity index (χ1n) is 7.86. The number of nitrogens with zero attached hydrogens (tertiary/aromatic N) is 2. The molecule has 0 unspecified atom stereocenters. The Balaban J connectivity index is 1.85. The molecule has 3 rings (SSSR count). The lowest BCUT2D eigenvalue weighted by Crippen LogP contribution is -2.19. The van der Waals surface area contributed by atoms with E-state index in [4.69, 9.17) is 0 Å². The largest absolute Gasteiger partial charge is 0.418 e. The molecule has 0 bridgehead atoms. The number of carbonyl (C=O) groups excluding carboxylic acids is 1. The van der Waals surface area contributed by atoms with Gasteiger partial charge in [0.25, 0.3) is 0 Å². The van der Waals surface area contributed by atoms with Gasteiger partial charge in [0, 0.05) is 25.2 Å². The molecular weight excluding hydrogens is 345 g/mol. The third kappa shape index (κ3) is 3.63. The number of amides is 1. The first-order valence-corrected chi connectivity index (χ1v) is 7.86. The number of hydrogen-bond donors (Lipinski definition) is 2. The summed E-state index contributed by atoms with van der Waals surface area (Å²) in [6.45, 7) is 0. The molecule has 0 radical (unpaired) electrons. The number of para-hydroxylation sites is 1. The van der Waals surface area contributed by atoms with Gasteiger partial charge in [-0.15, -0.1) is 0 Å². The highest BCUT2D eigenvalue weighted by Crippen LogP contribution is 2.37. The maximum absolute atomic E-state index is 13.3. The van der Waals surface area contributed by atoms with Crippen LogP contribution in [0.3, 0.4) is 0 Å². The van der Waals surface area contributed by atoms with E-state index in [2.05, 4.69) is 15.5 Å². The number of fused-ring (bicyclic) bond motifs is 1. The standard InChI is InChI=1S/C18H17F3N4O/c1-25(2)11-7-8-15(13(9-11)18(19,20)21)22-17(26)10-16-12-5-3-4-6-14(12)23-24-16/h3-9H,10H2,1-2H3,(H,22,26)(H,23,24). The van der Waals surface area contributed by atoms with Crippen LogP contribution in [0.5, 0.6) is 0 Å². The average molecular weight is 362 g/mol. The van der Waals surface area contributed by atoms with E-state index >= 15 is 0 Å². The predicted octanol–water partition coefficient (Wildman–Crippen LogP) is 3.83. The summed E-state index contributed by atoms with van der Waals surface area (Å²) in [7, 11) is 3.30. The second-order valence-electron chi connectivity index (χ2n) is 6.07. The highest BCUT2D eigenvalue weighted by molar-refractivity contribution is 5.95. The van der Waals surface area contributed by atoms with Crippen LogP contribution in [0.4, 0.5) is 24.5 Å². The van der Waals surface area contributed by atoms with Crippen molar-refractivity contribution in [3.05, 3.63) is 53.7 Å². The predicted molar refractivity (Wildman–Crippen MR) is 94.2 cm³/mol. The fraction of sp³-hybridized carbons (Fsp3) is 0.222. The number of carbonyl (C=O) groups is 1. The van der Waals surface area contributed by atoms with Gasteiger partial charge in [-0.1, -0.05) is 18.2 Å². The number of nitrogens with one attached hydrogen (secondary N) is 2. The number of benzene rings is 2. The van der Waals surface area contributed by atoms with E-state index < -0.39 is 17.6 Å². The third-order valence-corrected chi connectivity index (χ3v) is 3.98. The SMILES string of the molecule is CN(C)c1ccc(NC(=O)Cc2[nH]nc3ccccc23)c(C(F)(F)F)c1. The Morgan fingerprint density at radius 3 is 2.62 bits per heavy atom. The van der Waals surface area contributed by atoms with Crippen molar-refractivity contribution in [2.75, 3.05) is 24.3 Å². The number of aromatic nitrogens is 2. The number of aromatic amines is 1. The van der Waals surface area contributed by atoms with Gasteiger partial charge in [-0.25, -0.2) is 0 Å². The first kappa shape index (κ1) is 17.8. The number of anilines is 2. The molecule has 1 aromatic heterocycles. The van der Waals surface area contributed by atoms with Crippen molar-refractivity contribution in [2.24, 2.45) is 0 Å². The van der Waals surface area contributed by atoms with Gasteiger partial charge in [-0.3, -0.25) is 9.89 Å². The molecule has 0 aliphatic heterocycles. The van der Waals surface area contributed by atoms with Gasteiger partial charge in [-0.2, -0.15) is 18.3 Å². The number of hydrogen-bond acceptors (Lipinski definition) is 3. The number of H-pyrrole nitrogens is 1. The Morgan fingerprint density at radius 1 is 1.19 bits per heavy atom. The Bertz CT molecular complexity index is 947. The second kappa shape index (κ2) is 6.70. The van der Waals surface area contributed by atoms with E-state index in [1.807, 2.05) is 6.07 Å². The molecule has 8 heteroatoms. The minimum Gasteiger partial charge on any atom is -0.378 e. The van der Waals surface area contributed by atoms with Crippen molar-refractivity contribution in [1.82, 2.24) is 10.2 Å². The monoisotopic (exact) mass is 362 g/mol. The minimum atomic E-state index is -4.57. The molecule has 0 atom stereocenters. The molecule has 136 valence electrons. The molecule has 2 aromatic carbocycles. The van der Waals surface area contributed by atoms with Crippen LogP contribution < -0.4 is 10.2 Å². The van der Waals surface area contributed by atoms with Crippen LogP contribution in [0.1, 0.15) is 11.3 Å². The molecule has 0 spiro atoms. The van der Waals surface area contributed by atoms with Crippen LogP contribution in [0, 0.1) is 0 Å². The Morgan fingerprint density at radius 2 is 1.92 bits per heavy atom. The summed E-state index contributed by atoms with van der Waals surface area (Å²) in [5, 5.41) is 9.96. The maximum Gasteiger partial charge on any atom is 0.418 e. The summed E-state index contributed by atoms with van der Waals surface area (Å²) in [6, 6.07) is 11.0. The highest BCUT2D eigenvalue weighted by Gasteiger charge is 2.34. The maximum atomic E-state index is 13.3. The lowest BCUT2D eigenvalue weighted by molar-refractivity contribution is -0.136. The summed E-state index contributed by atoms with van der Waals surface area (Å²) in [5.74, 6) is -0.553. The molecule has 0 saturated carbocycles. The highest BCUT2D eigenvalue weighted by atomic mass is 19.4. The van der Waals surface area contributed by atoms with E-state index in [0.717, 1.165) is 11.5 Å². The summed E-state index contributed by atoms with van der Waals surface area (Å²) >= 11 is 0. The Kier molecular flexibility index (Phi) is 4.58. The third-order valence-electron chi connectivity index (χ3n) is 3.98. The Labute approximate surface area is 147 Å². The van der Waals surface area contributed by atoms with Gasteiger partial charge >= 0.3 is 6.18 Å². The smallest absolute Gasteiger partial charge is 0.378 e. The average Bonchev–Trinajstić information content (AvgIpc) is 2.97. The zero-order valence-electron chi connectivity index (χ0n) is 14.2. The topological polar surface area (TPSA) is 61.0 Å².